The normalized spacial score (nSPS) is 10.1. The van der Waals surface area contributed by atoms with Crippen LogP contribution in [0.4, 0.5) is 11.4 Å². The number of aryl methyl sites for hydroxylation is 2. The topological polar surface area (TPSA) is 75.4 Å². The fourth-order valence-corrected chi connectivity index (χ4v) is 2.87. The number of hydrogen-bond acceptors (Lipinski definition) is 3. The van der Waals surface area contributed by atoms with Crippen molar-refractivity contribution in [3.8, 4) is 5.75 Å². The molecule has 0 radical (unpaired) electrons. The summed E-state index contributed by atoms with van der Waals surface area (Å²) in [7, 11) is 0. The van der Waals surface area contributed by atoms with Crippen molar-refractivity contribution < 1.29 is 9.90 Å². The molecule has 0 aliphatic heterocycles. The SMILES string of the molecule is CC.CCCCCCCc1ccc(NC(=O)c2cc(C)cc(N)c2O)cc1. The molecule has 0 aromatic heterocycles. The molecule has 0 bridgehead atoms. The number of nitrogens with one attached hydrogen (secondary N) is 1. The molecule has 27 heavy (non-hydrogen) atoms. The number of amides is 1. The number of anilines is 2. The molecule has 0 aliphatic rings. The van der Waals surface area contributed by atoms with Crippen LogP contribution in [0.1, 0.15) is 74.4 Å². The fourth-order valence-electron chi connectivity index (χ4n) is 2.87. The van der Waals surface area contributed by atoms with Crippen LogP contribution in [0.25, 0.3) is 0 Å². The minimum absolute atomic E-state index is 0.174. The van der Waals surface area contributed by atoms with Gasteiger partial charge in [0.1, 0.15) is 0 Å². The van der Waals surface area contributed by atoms with Crippen molar-refractivity contribution in [1.29, 1.82) is 0 Å². The maximum absolute atomic E-state index is 12.4. The van der Waals surface area contributed by atoms with Gasteiger partial charge in [0.05, 0.1) is 11.3 Å². The minimum atomic E-state index is -0.361. The number of phenolic OH excluding ortho intramolecular Hbond substituents is 1. The number of benzene rings is 2. The Labute approximate surface area is 163 Å². The highest BCUT2D eigenvalue weighted by molar-refractivity contribution is 6.07. The van der Waals surface area contributed by atoms with Crippen molar-refractivity contribution in [3.05, 3.63) is 53.1 Å². The molecule has 0 atom stereocenters. The van der Waals surface area contributed by atoms with Gasteiger partial charge >= 0.3 is 0 Å². The van der Waals surface area contributed by atoms with E-state index in [1.807, 2.05) is 45.0 Å². The van der Waals surface area contributed by atoms with Crippen LogP contribution in [0.5, 0.6) is 5.75 Å². The predicted octanol–water partition coefficient (Wildman–Crippen LogP) is 6.07. The summed E-state index contributed by atoms with van der Waals surface area (Å²) >= 11 is 0. The van der Waals surface area contributed by atoms with E-state index < -0.39 is 0 Å². The lowest BCUT2D eigenvalue weighted by molar-refractivity contribution is 0.102. The first-order valence-electron chi connectivity index (χ1n) is 10.0. The number of rotatable bonds is 8. The molecule has 1 amide bonds. The number of nitrogens with two attached hydrogens (primary N) is 1. The predicted molar refractivity (Wildman–Crippen MR) is 115 cm³/mol. The zero-order chi connectivity index (χ0) is 20.2. The van der Waals surface area contributed by atoms with Crippen molar-refractivity contribution in [1.82, 2.24) is 0 Å². The molecular formula is C23H34N2O2. The third-order valence-electron chi connectivity index (χ3n) is 4.31. The molecular weight excluding hydrogens is 336 g/mol. The van der Waals surface area contributed by atoms with Crippen molar-refractivity contribution in [3.63, 3.8) is 0 Å². The van der Waals surface area contributed by atoms with Gasteiger partial charge in [0.15, 0.2) is 5.75 Å². The van der Waals surface area contributed by atoms with E-state index in [0.717, 1.165) is 12.0 Å². The molecule has 2 aromatic rings. The van der Waals surface area contributed by atoms with Crippen LogP contribution < -0.4 is 11.1 Å². The maximum Gasteiger partial charge on any atom is 0.259 e. The standard InChI is InChI=1S/C21H28N2O2.C2H6/c1-3-4-5-6-7-8-16-9-11-17(12-10-16)23-21(25)18-13-15(2)14-19(22)20(18)24;1-2/h9-14,24H,3-8,22H2,1-2H3,(H,23,25);1-2H3. The van der Waals surface area contributed by atoms with E-state index in [0.29, 0.717) is 5.69 Å². The molecule has 0 saturated heterocycles. The number of aromatic hydroxyl groups is 1. The molecule has 4 N–H and O–H groups in total. The Hall–Kier alpha value is -2.49. The molecule has 0 saturated carbocycles. The molecule has 2 rings (SSSR count). The summed E-state index contributed by atoms with van der Waals surface area (Å²) in [5.74, 6) is -0.535. The van der Waals surface area contributed by atoms with Crippen LogP contribution >= 0.6 is 0 Å². The van der Waals surface area contributed by atoms with E-state index in [1.165, 1.54) is 37.7 Å². The lowest BCUT2D eigenvalue weighted by Crippen LogP contribution is -2.13. The molecule has 0 fully saturated rings. The number of unbranched alkanes of at least 4 members (excludes halogenated alkanes) is 4. The summed E-state index contributed by atoms with van der Waals surface area (Å²) in [6.45, 7) is 8.06. The van der Waals surface area contributed by atoms with Crippen molar-refractivity contribution in [2.24, 2.45) is 0 Å². The lowest BCUT2D eigenvalue weighted by Gasteiger charge is -2.10. The quantitative estimate of drug-likeness (QED) is 0.300. The van der Waals surface area contributed by atoms with Crippen LogP contribution in [-0.2, 0) is 6.42 Å². The number of nitrogen functional groups attached to an aromatic ring is 1. The fraction of sp³-hybridized carbons (Fsp3) is 0.435. The van der Waals surface area contributed by atoms with Gasteiger partial charge in [-0.3, -0.25) is 4.79 Å². The number of phenols is 1. The van der Waals surface area contributed by atoms with Gasteiger partial charge < -0.3 is 16.2 Å². The van der Waals surface area contributed by atoms with E-state index in [9.17, 15) is 9.90 Å². The Kier molecular flexibility index (Phi) is 10.0. The molecule has 0 heterocycles. The van der Waals surface area contributed by atoms with E-state index in [-0.39, 0.29) is 22.9 Å². The van der Waals surface area contributed by atoms with Gasteiger partial charge in [-0.25, -0.2) is 0 Å². The second-order valence-electron chi connectivity index (χ2n) is 6.57. The monoisotopic (exact) mass is 370 g/mol. The summed E-state index contributed by atoms with van der Waals surface area (Å²) in [6.07, 6.45) is 7.39. The van der Waals surface area contributed by atoms with Crippen molar-refractivity contribution in [2.75, 3.05) is 11.1 Å². The van der Waals surface area contributed by atoms with Gasteiger partial charge in [0.2, 0.25) is 0 Å². The van der Waals surface area contributed by atoms with E-state index in [4.69, 9.17) is 5.73 Å². The highest BCUT2D eigenvalue weighted by atomic mass is 16.3. The Balaban J connectivity index is 0.00000176. The first kappa shape index (κ1) is 22.6. The molecule has 148 valence electrons. The molecule has 2 aromatic carbocycles. The van der Waals surface area contributed by atoms with Crippen LogP contribution in [0.3, 0.4) is 0 Å². The number of carbonyl (C=O) groups is 1. The molecule has 0 unspecified atom stereocenters. The third-order valence-corrected chi connectivity index (χ3v) is 4.31. The Morgan fingerprint density at radius 3 is 2.30 bits per heavy atom. The van der Waals surface area contributed by atoms with Gasteiger partial charge in [-0.2, -0.15) is 0 Å². The smallest absolute Gasteiger partial charge is 0.259 e. The first-order chi connectivity index (χ1) is 13.0. The Bertz CT molecular complexity index is 709. The number of carbonyl (C=O) groups excluding carboxylic acids is 1. The summed E-state index contributed by atoms with van der Waals surface area (Å²) in [6, 6.07) is 11.2. The van der Waals surface area contributed by atoms with Crippen LogP contribution in [-0.4, -0.2) is 11.0 Å². The first-order valence-corrected chi connectivity index (χ1v) is 10.0. The average Bonchev–Trinajstić information content (AvgIpc) is 2.67. The zero-order valence-electron chi connectivity index (χ0n) is 17.1. The second kappa shape index (κ2) is 12.0. The lowest BCUT2D eigenvalue weighted by atomic mass is 10.0. The van der Waals surface area contributed by atoms with Crippen molar-refractivity contribution in [2.45, 2.75) is 66.2 Å². The second-order valence-corrected chi connectivity index (χ2v) is 6.57. The van der Waals surface area contributed by atoms with Crippen molar-refractivity contribution >= 4 is 17.3 Å². The molecule has 4 heteroatoms. The summed E-state index contributed by atoms with van der Waals surface area (Å²) in [5.41, 5.74) is 8.94. The van der Waals surface area contributed by atoms with E-state index in [2.05, 4.69) is 12.2 Å². The molecule has 0 spiro atoms. The highest BCUT2D eigenvalue weighted by Gasteiger charge is 2.14. The molecule has 4 nitrogen and oxygen atoms in total. The van der Waals surface area contributed by atoms with E-state index >= 15 is 0 Å². The number of hydrogen-bond donors (Lipinski definition) is 3. The van der Waals surface area contributed by atoms with Gasteiger partial charge in [0, 0.05) is 5.69 Å². The van der Waals surface area contributed by atoms with Crippen LogP contribution in [0.2, 0.25) is 0 Å². The van der Waals surface area contributed by atoms with Gasteiger partial charge in [-0.1, -0.05) is 58.6 Å². The summed E-state index contributed by atoms with van der Waals surface area (Å²) in [5, 5.41) is 12.8. The van der Waals surface area contributed by atoms with Crippen LogP contribution in [0.15, 0.2) is 36.4 Å². The van der Waals surface area contributed by atoms with E-state index in [1.54, 1.807) is 12.1 Å². The largest absolute Gasteiger partial charge is 0.505 e. The van der Waals surface area contributed by atoms with Gasteiger partial charge in [0.25, 0.3) is 5.91 Å². The third kappa shape index (κ3) is 7.33. The minimum Gasteiger partial charge on any atom is -0.505 e. The van der Waals surface area contributed by atoms with Gasteiger partial charge in [-0.15, -0.1) is 0 Å². The highest BCUT2D eigenvalue weighted by Crippen LogP contribution is 2.27. The maximum atomic E-state index is 12.4. The van der Waals surface area contributed by atoms with Gasteiger partial charge in [-0.05, 0) is 55.2 Å². The average molecular weight is 371 g/mol. The summed E-state index contributed by atoms with van der Waals surface area (Å²) < 4.78 is 0. The summed E-state index contributed by atoms with van der Waals surface area (Å²) in [4.78, 5) is 12.4. The van der Waals surface area contributed by atoms with Crippen LogP contribution in [0, 0.1) is 6.92 Å². The Morgan fingerprint density at radius 1 is 1.04 bits per heavy atom. The Morgan fingerprint density at radius 2 is 1.67 bits per heavy atom. The molecule has 0 aliphatic carbocycles. The zero-order valence-corrected chi connectivity index (χ0v) is 17.1.